The Balaban J connectivity index is 1.48. The van der Waals surface area contributed by atoms with E-state index in [1.165, 1.54) is 25.7 Å². The first kappa shape index (κ1) is 12.6. The Bertz CT molecular complexity index is 426. The van der Waals surface area contributed by atoms with Crippen molar-refractivity contribution in [2.24, 2.45) is 11.3 Å². The highest BCUT2D eigenvalue weighted by Gasteiger charge is 2.53. The van der Waals surface area contributed by atoms with Crippen molar-refractivity contribution >= 4 is 15.9 Å². The molecule has 2 N–H and O–H groups in total. The fourth-order valence-electron chi connectivity index (χ4n) is 2.88. The quantitative estimate of drug-likeness (QED) is 0.845. The van der Waals surface area contributed by atoms with Crippen LogP contribution in [0, 0.1) is 11.3 Å². The van der Waals surface area contributed by atoms with Crippen LogP contribution in [0.1, 0.15) is 37.4 Å². The summed E-state index contributed by atoms with van der Waals surface area (Å²) < 4.78 is 1.02. The van der Waals surface area contributed by atoms with Crippen LogP contribution in [0.5, 0.6) is 0 Å². The number of halogens is 1. The lowest BCUT2D eigenvalue weighted by molar-refractivity contribution is 0.171. The maximum Gasteiger partial charge on any atom is 0.0914 e. The molecule has 0 amide bonds. The Morgan fingerprint density at radius 1 is 1.39 bits per heavy atom. The monoisotopic (exact) mass is 309 g/mol. The van der Waals surface area contributed by atoms with E-state index >= 15 is 0 Å². The summed E-state index contributed by atoms with van der Waals surface area (Å²) in [4.78, 5) is 0. The van der Waals surface area contributed by atoms with E-state index in [-0.39, 0.29) is 0 Å². The van der Waals surface area contributed by atoms with Crippen molar-refractivity contribution in [3.8, 4) is 0 Å². The van der Waals surface area contributed by atoms with E-state index in [0.29, 0.717) is 12.0 Å². The van der Waals surface area contributed by atoms with Crippen molar-refractivity contribution in [1.29, 1.82) is 0 Å². The van der Waals surface area contributed by atoms with Gasteiger partial charge in [0.05, 0.1) is 6.10 Å². The summed E-state index contributed by atoms with van der Waals surface area (Å²) in [6, 6.07) is 7.91. The van der Waals surface area contributed by atoms with Gasteiger partial charge < -0.3 is 10.4 Å². The third kappa shape index (κ3) is 2.79. The van der Waals surface area contributed by atoms with Gasteiger partial charge in [-0.15, -0.1) is 0 Å². The number of nitrogens with one attached hydrogen (secondary N) is 1. The second-order valence-corrected chi connectivity index (χ2v) is 6.75. The minimum Gasteiger partial charge on any atom is -0.387 e. The van der Waals surface area contributed by atoms with Gasteiger partial charge in [0.25, 0.3) is 0 Å². The smallest absolute Gasteiger partial charge is 0.0914 e. The van der Waals surface area contributed by atoms with E-state index in [9.17, 15) is 5.11 Å². The molecule has 0 spiro atoms. The average molecular weight is 310 g/mol. The topological polar surface area (TPSA) is 32.3 Å². The van der Waals surface area contributed by atoms with Crippen molar-refractivity contribution in [1.82, 2.24) is 5.32 Å². The largest absolute Gasteiger partial charge is 0.387 e. The molecule has 1 unspecified atom stereocenters. The molecule has 1 aromatic carbocycles. The lowest BCUT2D eigenvalue weighted by Crippen LogP contribution is -2.29. The Morgan fingerprint density at radius 2 is 2.17 bits per heavy atom. The summed E-state index contributed by atoms with van der Waals surface area (Å²) in [7, 11) is 0. The fraction of sp³-hybridized carbons (Fsp3) is 0.600. The van der Waals surface area contributed by atoms with E-state index in [1.54, 1.807) is 0 Å². The maximum atomic E-state index is 10.1. The standard InChI is InChI=1S/C15H20BrNO/c16-13-3-1-2-11(8-13)14(18)9-17-10-15(6-7-15)12-4-5-12/h1-3,8,12,14,17-18H,4-7,9-10H2. The first-order chi connectivity index (χ1) is 8.70. The third-order valence-electron chi connectivity index (χ3n) is 4.38. The summed E-state index contributed by atoms with van der Waals surface area (Å²) >= 11 is 3.44. The van der Waals surface area contributed by atoms with Crippen LogP contribution in [-0.2, 0) is 0 Å². The molecule has 0 aromatic heterocycles. The number of hydrogen-bond donors (Lipinski definition) is 2. The first-order valence-corrected chi connectivity index (χ1v) is 7.63. The zero-order valence-corrected chi connectivity index (χ0v) is 12.1. The molecule has 18 heavy (non-hydrogen) atoms. The van der Waals surface area contributed by atoms with Crippen molar-refractivity contribution in [2.45, 2.75) is 31.8 Å². The fourth-order valence-corrected chi connectivity index (χ4v) is 3.29. The van der Waals surface area contributed by atoms with Crippen LogP contribution in [0.3, 0.4) is 0 Å². The highest BCUT2D eigenvalue weighted by Crippen LogP contribution is 2.60. The van der Waals surface area contributed by atoms with Gasteiger partial charge in [-0.1, -0.05) is 28.1 Å². The van der Waals surface area contributed by atoms with Crippen molar-refractivity contribution in [2.75, 3.05) is 13.1 Å². The van der Waals surface area contributed by atoms with Crippen LogP contribution in [-0.4, -0.2) is 18.2 Å². The zero-order valence-electron chi connectivity index (χ0n) is 10.5. The molecule has 1 aromatic rings. The van der Waals surface area contributed by atoms with Gasteiger partial charge in [0, 0.05) is 17.6 Å². The molecule has 2 aliphatic rings. The van der Waals surface area contributed by atoms with Crippen molar-refractivity contribution < 1.29 is 5.11 Å². The predicted molar refractivity (Wildman–Crippen MR) is 76.4 cm³/mol. The highest BCUT2D eigenvalue weighted by molar-refractivity contribution is 9.10. The summed E-state index contributed by atoms with van der Waals surface area (Å²) in [6.45, 7) is 1.74. The van der Waals surface area contributed by atoms with Crippen molar-refractivity contribution in [3.05, 3.63) is 34.3 Å². The molecule has 98 valence electrons. The number of benzene rings is 1. The zero-order chi connectivity index (χ0) is 12.6. The normalized spacial score (nSPS) is 22.8. The molecule has 0 radical (unpaired) electrons. The van der Waals surface area contributed by atoms with Crippen LogP contribution in [0.15, 0.2) is 28.7 Å². The second kappa shape index (κ2) is 4.95. The van der Waals surface area contributed by atoms with Crippen LogP contribution in [0.2, 0.25) is 0 Å². The molecule has 3 heteroatoms. The van der Waals surface area contributed by atoms with E-state index in [0.717, 1.165) is 22.5 Å². The lowest BCUT2D eigenvalue weighted by Gasteiger charge is -2.17. The first-order valence-electron chi connectivity index (χ1n) is 6.84. The van der Waals surface area contributed by atoms with E-state index in [2.05, 4.69) is 21.2 Å². The molecule has 2 saturated carbocycles. The van der Waals surface area contributed by atoms with Gasteiger partial charge in [0.1, 0.15) is 0 Å². The third-order valence-corrected chi connectivity index (χ3v) is 4.88. The van der Waals surface area contributed by atoms with Gasteiger partial charge >= 0.3 is 0 Å². The number of rotatable bonds is 6. The SMILES string of the molecule is OC(CNCC1(C2CC2)CC1)c1cccc(Br)c1. The maximum absolute atomic E-state index is 10.1. The van der Waals surface area contributed by atoms with Crippen LogP contribution in [0.4, 0.5) is 0 Å². The molecule has 3 rings (SSSR count). The highest BCUT2D eigenvalue weighted by atomic mass is 79.9. The molecule has 0 aliphatic heterocycles. The molecular formula is C15H20BrNO. The molecule has 1 atom stereocenters. The van der Waals surface area contributed by atoms with Crippen LogP contribution >= 0.6 is 15.9 Å². The van der Waals surface area contributed by atoms with Gasteiger partial charge in [0.15, 0.2) is 0 Å². The summed E-state index contributed by atoms with van der Waals surface area (Å²) in [5.41, 5.74) is 1.59. The average Bonchev–Trinajstić information content (AvgIpc) is 3.22. The van der Waals surface area contributed by atoms with Gasteiger partial charge in [0.2, 0.25) is 0 Å². The van der Waals surface area contributed by atoms with Gasteiger partial charge in [-0.05, 0) is 54.7 Å². The minimum atomic E-state index is -0.405. The Kier molecular flexibility index (Phi) is 3.48. The predicted octanol–water partition coefficient (Wildman–Crippen LogP) is 3.26. The second-order valence-electron chi connectivity index (χ2n) is 5.84. The molecule has 0 saturated heterocycles. The Morgan fingerprint density at radius 3 is 2.78 bits per heavy atom. The summed E-state index contributed by atoms with van der Waals surface area (Å²) in [6.07, 6.45) is 5.22. The Labute approximate surface area is 117 Å². The Hall–Kier alpha value is -0.380. The number of aliphatic hydroxyl groups is 1. The molecule has 2 nitrogen and oxygen atoms in total. The summed E-state index contributed by atoms with van der Waals surface area (Å²) in [5, 5.41) is 13.6. The molecule has 0 bridgehead atoms. The number of hydrogen-bond acceptors (Lipinski definition) is 2. The molecule has 2 fully saturated rings. The van der Waals surface area contributed by atoms with E-state index < -0.39 is 6.10 Å². The molecule has 0 heterocycles. The van der Waals surface area contributed by atoms with E-state index in [1.807, 2.05) is 24.3 Å². The lowest BCUT2D eigenvalue weighted by atomic mass is 10.0. The van der Waals surface area contributed by atoms with Crippen LogP contribution in [0.25, 0.3) is 0 Å². The minimum absolute atomic E-state index is 0.405. The van der Waals surface area contributed by atoms with Crippen molar-refractivity contribution in [3.63, 3.8) is 0 Å². The van der Waals surface area contributed by atoms with E-state index in [4.69, 9.17) is 0 Å². The van der Waals surface area contributed by atoms with Gasteiger partial charge in [-0.25, -0.2) is 0 Å². The van der Waals surface area contributed by atoms with Gasteiger partial charge in [-0.3, -0.25) is 0 Å². The molecular weight excluding hydrogens is 290 g/mol. The number of aliphatic hydroxyl groups excluding tert-OH is 1. The molecule has 2 aliphatic carbocycles. The van der Waals surface area contributed by atoms with Crippen LogP contribution < -0.4 is 5.32 Å². The van der Waals surface area contributed by atoms with Gasteiger partial charge in [-0.2, -0.15) is 0 Å². The summed E-state index contributed by atoms with van der Waals surface area (Å²) in [5.74, 6) is 0.980.